The Morgan fingerprint density at radius 1 is 1.17 bits per heavy atom. The molecular formula is C20H39N5O4S. The van der Waals surface area contributed by atoms with E-state index in [0.29, 0.717) is 38.6 Å². The van der Waals surface area contributed by atoms with E-state index in [4.69, 9.17) is 9.73 Å². The number of hydrogen-bond donors (Lipinski definition) is 2. The quantitative estimate of drug-likeness (QED) is 0.492. The van der Waals surface area contributed by atoms with E-state index in [1.165, 1.54) is 6.26 Å². The van der Waals surface area contributed by atoms with Gasteiger partial charge in [-0.05, 0) is 59.3 Å². The van der Waals surface area contributed by atoms with Crippen LogP contribution in [0.25, 0.3) is 0 Å². The number of carbonyl (C=O) groups is 1. The third-order valence-corrected chi connectivity index (χ3v) is 6.61. The number of carbonyl (C=O) groups excluding carboxylic acids is 1. The fourth-order valence-electron chi connectivity index (χ4n) is 3.74. The van der Waals surface area contributed by atoms with Crippen molar-refractivity contribution in [2.75, 3.05) is 45.5 Å². The lowest BCUT2D eigenvalue weighted by atomic mass is 9.98. The van der Waals surface area contributed by atoms with Gasteiger partial charge in [0.1, 0.15) is 5.60 Å². The molecular weight excluding hydrogens is 406 g/mol. The second-order valence-corrected chi connectivity index (χ2v) is 11.2. The van der Waals surface area contributed by atoms with Gasteiger partial charge in [0.15, 0.2) is 5.96 Å². The summed E-state index contributed by atoms with van der Waals surface area (Å²) >= 11 is 0. The number of ether oxygens (including phenoxy) is 1. The number of guanidine groups is 1. The standard InChI is InChI=1S/C20H39N5O4S/c1-6-21-18(22-14-16-9-12-25(13-10-16)30(5,27)28)23-17-8-7-11-24(15-17)19(26)29-20(2,3)4/h16-17H,6-15H2,1-5H3,(H2,21,22,23). The molecule has 0 aromatic carbocycles. The molecule has 9 nitrogen and oxygen atoms in total. The van der Waals surface area contributed by atoms with E-state index >= 15 is 0 Å². The van der Waals surface area contributed by atoms with E-state index in [1.807, 2.05) is 27.7 Å². The molecule has 0 spiro atoms. The van der Waals surface area contributed by atoms with Gasteiger partial charge in [0, 0.05) is 45.3 Å². The monoisotopic (exact) mass is 445 g/mol. The van der Waals surface area contributed by atoms with Gasteiger partial charge in [-0.2, -0.15) is 0 Å². The summed E-state index contributed by atoms with van der Waals surface area (Å²) in [6, 6.07) is 0.121. The Balaban J connectivity index is 1.88. The first kappa shape index (κ1) is 24.7. The summed E-state index contributed by atoms with van der Waals surface area (Å²) in [4.78, 5) is 18.9. The molecule has 2 aliphatic heterocycles. The van der Waals surface area contributed by atoms with Crippen LogP contribution in [-0.2, 0) is 14.8 Å². The largest absolute Gasteiger partial charge is 0.444 e. The molecule has 2 N–H and O–H groups in total. The molecule has 0 aliphatic carbocycles. The Morgan fingerprint density at radius 3 is 2.40 bits per heavy atom. The van der Waals surface area contributed by atoms with Crippen LogP contribution < -0.4 is 10.6 Å². The number of hydrogen-bond acceptors (Lipinski definition) is 5. The first-order chi connectivity index (χ1) is 14.0. The minimum atomic E-state index is -3.10. The summed E-state index contributed by atoms with van der Waals surface area (Å²) in [7, 11) is -3.10. The molecule has 0 bridgehead atoms. The number of nitrogens with one attached hydrogen (secondary N) is 2. The molecule has 30 heavy (non-hydrogen) atoms. The van der Waals surface area contributed by atoms with Crippen molar-refractivity contribution in [3.05, 3.63) is 0 Å². The van der Waals surface area contributed by atoms with Crippen LogP contribution >= 0.6 is 0 Å². The van der Waals surface area contributed by atoms with Crippen LogP contribution in [-0.4, -0.2) is 86.8 Å². The minimum Gasteiger partial charge on any atom is -0.444 e. The highest BCUT2D eigenvalue weighted by molar-refractivity contribution is 7.88. The molecule has 2 saturated heterocycles. The Kier molecular flexibility index (Phi) is 8.78. The predicted molar refractivity (Wildman–Crippen MR) is 119 cm³/mol. The molecule has 1 atom stereocenters. The van der Waals surface area contributed by atoms with Crippen molar-refractivity contribution in [2.45, 2.75) is 65.0 Å². The summed E-state index contributed by atoms with van der Waals surface area (Å²) in [5.74, 6) is 1.13. The normalized spacial score (nSPS) is 22.6. The molecule has 10 heteroatoms. The van der Waals surface area contributed by atoms with E-state index in [-0.39, 0.29) is 12.1 Å². The van der Waals surface area contributed by atoms with Gasteiger partial charge in [-0.15, -0.1) is 0 Å². The number of amides is 1. The van der Waals surface area contributed by atoms with Crippen molar-refractivity contribution in [1.82, 2.24) is 19.8 Å². The van der Waals surface area contributed by atoms with E-state index < -0.39 is 15.6 Å². The van der Waals surface area contributed by atoms with Gasteiger partial charge in [-0.25, -0.2) is 17.5 Å². The van der Waals surface area contributed by atoms with Crippen LogP contribution in [0.1, 0.15) is 53.4 Å². The van der Waals surface area contributed by atoms with Crippen LogP contribution in [0.15, 0.2) is 4.99 Å². The molecule has 0 radical (unpaired) electrons. The molecule has 2 rings (SSSR count). The Bertz CT molecular complexity index is 696. The second-order valence-electron chi connectivity index (χ2n) is 9.23. The molecule has 2 heterocycles. The Hall–Kier alpha value is -1.55. The first-order valence-electron chi connectivity index (χ1n) is 11.0. The van der Waals surface area contributed by atoms with Gasteiger partial charge in [-0.1, -0.05) is 0 Å². The maximum Gasteiger partial charge on any atom is 0.410 e. The Labute approximate surface area is 181 Å². The predicted octanol–water partition coefficient (Wildman–Crippen LogP) is 1.61. The third kappa shape index (κ3) is 8.29. The van der Waals surface area contributed by atoms with Crippen molar-refractivity contribution in [3.8, 4) is 0 Å². The van der Waals surface area contributed by atoms with Crippen LogP contribution in [0.2, 0.25) is 0 Å². The number of likely N-dealkylation sites (tertiary alicyclic amines) is 1. The summed E-state index contributed by atoms with van der Waals surface area (Å²) in [5.41, 5.74) is -0.499. The van der Waals surface area contributed by atoms with Crippen LogP contribution in [0.4, 0.5) is 4.79 Å². The zero-order valence-electron chi connectivity index (χ0n) is 19.1. The zero-order valence-corrected chi connectivity index (χ0v) is 19.9. The van der Waals surface area contributed by atoms with Crippen molar-refractivity contribution < 1.29 is 17.9 Å². The average molecular weight is 446 g/mol. The molecule has 2 fully saturated rings. The van der Waals surface area contributed by atoms with Crippen molar-refractivity contribution in [1.29, 1.82) is 0 Å². The lowest BCUT2D eigenvalue weighted by molar-refractivity contribution is 0.0193. The number of piperidine rings is 2. The average Bonchev–Trinajstić information content (AvgIpc) is 2.65. The maximum absolute atomic E-state index is 12.4. The molecule has 0 saturated carbocycles. The van der Waals surface area contributed by atoms with Crippen LogP contribution in [0, 0.1) is 5.92 Å². The highest BCUT2D eigenvalue weighted by atomic mass is 32.2. The third-order valence-electron chi connectivity index (χ3n) is 5.31. The topological polar surface area (TPSA) is 103 Å². The van der Waals surface area contributed by atoms with E-state index in [1.54, 1.807) is 9.21 Å². The van der Waals surface area contributed by atoms with Crippen LogP contribution in [0.5, 0.6) is 0 Å². The van der Waals surface area contributed by atoms with Gasteiger partial charge in [0.25, 0.3) is 0 Å². The summed E-state index contributed by atoms with van der Waals surface area (Å²) < 4.78 is 30.4. The van der Waals surface area contributed by atoms with E-state index in [2.05, 4.69) is 10.6 Å². The van der Waals surface area contributed by atoms with Crippen LogP contribution in [0.3, 0.4) is 0 Å². The van der Waals surface area contributed by atoms with Crippen molar-refractivity contribution in [2.24, 2.45) is 10.9 Å². The van der Waals surface area contributed by atoms with Gasteiger partial charge in [0.05, 0.1) is 6.26 Å². The summed E-state index contributed by atoms with van der Waals surface area (Å²) in [6.45, 7) is 11.5. The second kappa shape index (κ2) is 10.7. The SMILES string of the molecule is CCNC(=NCC1CCN(S(C)(=O)=O)CC1)NC1CCCN(C(=O)OC(C)(C)C)C1. The smallest absolute Gasteiger partial charge is 0.410 e. The first-order valence-corrected chi connectivity index (χ1v) is 12.8. The van der Waals surface area contributed by atoms with E-state index in [9.17, 15) is 13.2 Å². The molecule has 174 valence electrons. The van der Waals surface area contributed by atoms with Crippen molar-refractivity contribution >= 4 is 22.1 Å². The lowest BCUT2D eigenvalue weighted by Crippen LogP contribution is -2.53. The molecule has 1 unspecified atom stereocenters. The summed E-state index contributed by atoms with van der Waals surface area (Å²) in [6.07, 6.45) is 4.53. The number of rotatable bonds is 5. The van der Waals surface area contributed by atoms with Gasteiger partial charge in [0.2, 0.25) is 10.0 Å². The molecule has 0 aromatic heterocycles. The van der Waals surface area contributed by atoms with Gasteiger partial charge in [-0.3, -0.25) is 4.99 Å². The fraction of sp³-hybridized carbons (Fsp3) is 0.900. The zero-order chi connectivity index (χ0) is 22.4. The lowest BCUT2D eigenvalue weighted by Gasteiger charge is -2.35. The minimum absolute atomic E-state index is 0.121. The van der Waals surface area contributed by atoms with E-state index in [0.717, 1.165) is 38.2 Å². The number of nitrogens with zero attached hydrogens (tertiary/aromatic N) is 3. The van der Waals surface area contributed by atoms with Gasteiger partial charge >= 0.3 is 6.09 Å². The number of sulfonamides is 1. The molecule has 0 aromatic rings. The fourth-order valence-corrected chi connectivity index (χ4v) is 4.62. The highest BCUT2D eigenvalue weighted by Crippen LogP contribution is 2.19. The highest BCUT2D eigenvalue weighted by Gasteiger charge is 2.28. The summed E-state index contributed by atoms with van der Waals surface area (Å²) in [5, 5.41) is 6.74. The Morgan fingerprint density at radius 2 is 1.83 bits per heavy atom. The van der Waals surface area contributed by atoms with Gasteiger partial charge < -0.3 is 20.3 Å². The van der Waals surface area contributed by atoms with Crippen molar-refractivity contribution in [3.63, 3.8) is 0 Å². The number of aliphatic imine (C=N–C) groups is 1. The molecule has 1 amide bonds. The molecule has 2 aliphatic rings. The maximum atomic E-state index is 12.4.